The van der Waals surface area contributed by atoms with Crippen molar-refractivity contribution in [1.29, 1.82) is 0 Å². The molecule has 7 nitrogen and oxygen atoms in total. The number of amides is 1. The SMILES string of the molecule is COc1ccc(S(=O)(=O)N2CCC[C@H](C(=O)N(Cc3ccccc3)Cc3ccccc3)C2)cc1OC. The molecule has 4 rings (SSSR count). The highest BCUT2D eigenvalue weighted by Crippen LogP contribution is 2.32. The van der Waals surface area contributed by atoms with Gasteiger partial charge in [0.05, 0.1) is 25.0 Å². The minimum absolute atomic E-state index is 0.0325. The number of hydrogen-bond acceptors (Lipinski definition) is 5. The second-order valence-corrected chi connectivity index (χ2v) is 10.8. The number of piperidine rings is 1. The van der Waals surface area contributed by atoms with Crippen LogP contribution in [0.5, 0.6) is 11.5 Å². The van der Waals surface area contributed by atoms with Crippen LogP contribution in [0.3, 0.4) is 0 Å². The molecule has 0 spiro atoms. The summed E-state index contributed by atoms with van der Waals surface area (Å²) in [5.41, 5.74) is 2.07. The van der Waals surface area contributed by atoms with E-state index in [-0.39, 0.29) is 17.3 Å². The topological polar surface area (TPSA) is 76.2 Å². The van der Waals surface area contributed by atoms with Crippen molar-refractivity contribution in [2.75, 3.05) is 27.3 Å². The zero-order chi connectivity index (χ0) is 25.5. The maximum absolute atomic E-state index is 13.8. The Labute approximate surface area is 213 Å². The Morgan fingerprint density at radius 1 is 0.889 bits per heavy atom. The molecule has 1 fully saturated rings. The van der Waals surface area contributed by atoms with Crippen LogP contribution in [-0.2, 0) is 27.9 Å². The highest BCUT2D eigenvalue weighted by Gasteiger charge is 2.35. The smallest absolute Gasteiger partial charge is 0.243 e. The number of ether oxygens (including phenoxy) is 2. The van der Waals surface area contributed by atoms with Crippen LogP contribution in [0, 0.1) is 5.92 Å². The normalized spacial score (nSPS) is 16.3. The van der Waals surface area contributed by atoms with Gasteiger partial charge in [0, 0.05) is 32.2 Å². The highest BCUT2D eigenvalue weighted by atomic mass is 32.2. The Kier molecular flexibility index (Phi) is 8.28. The van der Waals surface area contributed by atoms with Gasteiger partial charge in [0.15, 0.2) is 11.5 Å². The molecule has 8 heteroatoms. The third kappa shape index (κ3) is 5.88. The first-order valence-electron chi connectivity index (χ1n) is 12.0. The molecule has 0 unspecified atom stereocenters. The predicted octanol–water partition coefficient (Wildman–Crippen LogP) is 4.33. The average molecular weight is 509 g/mol. The van der Waals surface area contributed by atoms with Crippen LogP contribution < -0.4 is 9.47 Å². The molecule has 0 saturated carbocycles. The first-order valence-corrected chi connectivity index (χ1v) is 13.4. The number of methoxy groups -OCH3 is 2. The Morgan fingerprint density at radius 2 is 1.47 bits per heavy atom. The summed E-state index contributed by atoms with van der Waals surface area (Å²) >= 11 is 0. The molecule has 36 heavy (non-hydrogen) atoms. The summed E-state index contributed by atoms with van der Waals surface area (Å²) in [4.78, 5) is 15.7. The number of rotatable bonds is 9. The summed E-state index contributed by atoms with van der Waals surface area (Å²) in [7, 11) is -0.829. The van der Waals surface area contributed by atoms with E-state index in [0.29, 0.717) is 44.0 Å². The molecule has 0 N–H and O–H groups in total. The van der Waals surface area contributed by atoms with Gasteiger partial charge in [0.2, 0.25) is 15.9 Å². The summed E-state index contributed by atoms with van der Waals surface area (Å²) in [5, 5.41) is 0. The lowest BCUT2D eigenvalue weighted by Crippen LogP contribution is -2.46. The summed E-state index contributed by atoms with van der Waals surface area (Å²) < 4.78 is 38.9. The van der Waals surface area contributed by atoms with Gasteiger partial charge in [-0.1, -0.05) is 60.7 Å². The molecule has 1 saturated heterocycles. The number of carbonyl (C=O) groups excluding carboxylic acids is 1. The van der Waals surface area contributed by atoms with E-state index in [9.17, 15) is 13.2 Å². The molecule has 3 aromatic carbocycles. The van der Waals surface area contributed by atoms with E-state index in [0.717, 1.165) is 11.1 Å². The van der Waals surface area contributed by atoms with Gasteiger partial charge in [0.25, 0.3) is 0 Å². The molecule has 1 aliphatic rings. The van der Waals surface area contributed by atoms with E-state index in [2.05, 4.69) is 0 Å². The first kappa shape index (κ1) is 25.7. The summed E-state index contributed by atoms with van der Waals surface area (Å²) in [6.07, 6.45) is 1.27. The Balaban J connectivity index is 1.55. The number of carbonyl (C=O) groups is 1. The molecular weight excluding hydrogens is 476 g/mol. The monoisotopic (exact) mass is 508 g/mol. The van der Waals surface area contributed by atoms with Gasteiger partial charge in [-0.05, 0) is 36.1 Å². The van der Waals surface area contributed by atoms with Gasteiger partial charge in [0.1, 0.15) is 0 Å². The fourth-order valence-corrected chi connectivity index (χ4v) is 6.11. The maximum atomic E-state index is 13.8. The number of hydrogen-bond donors (Lipinski definition) is 0. The van der Waals surface area contributed by atoms with Crippen molar-refractivity contribution in [2.45, 2.75) is 30.8 Å². The number of nitrogens with zero attached hydrogens (tertiary/aromatic N) is 2. The van der Waals surface area contributed by atoms with Gasteiger partial charge >= 0.3 is 0 Å². The minimum atomic E-state index is -3.80. The number of benzene rings is 3. The highest BCUT2D eigenvalue weighted by molar-refractivity contribution is 7.89. The van der Waals surface area contributed by atoms with Crippen LogP contribution >= 0.6 is 0 Å². The van der Waals surface area contributed by atoms with Crippen LogP contribution in [0.15, 0.2) is 83.8 Å². The first-order chi connectivity index (χ1) is 17.4. The molecule has 0 radical (unpaired) electrons. The molecule has 3 aromatic rings. The molecule has 0 aromatic heterocycles. The fraction of sp³-hybridized carbons (Fsp3) is 0.321. The average Bonchev–Trinajstić information content (AvgIpc) is 2.93. The van der Waals surface area contributed by atoms with Crippen molar-refractivity contribution in [3.05, 3.63) is 90.0 Å². The predicted molar refractivity (Wildman–Crippen MR) is 138 cm³/mol. The van der Waals surface area contributed by atoms with Crippen LogP contribution in [0.4, 0.5) is 0 Å². The van der Waals surface area contributed by atoms with Crippen molar-refractivity contribution in [3.63, 3.8) is 0 Å². The van der Waals surface area contributed by atoms with E-state index >= 15 is 0 Å². The van der Waals surface area contributed by atoms with Gasteiger partial charge in [-0.2, -0.15) is 4.31 Å². The second-order valence-electron chi connectivity index (χ2n) is 8.88. The molecule has 1 atom stereocenters. The zero-order valence-electron chi connectivity index (χ0n) is 20.7. The number of sulfonamides is 1. The van der Waals surface area contributed by atoms with E-state index in [1.807, 2.05) is 65.6 Å². The van der Waals surface area contributed by atoms with Crippen LogP contribution in [0.25, 0.3) is 0 Å². The van der Waals surface area contributed by atoms with Gasteiger partial charge < -0.3 is 14.4 Å². The zero-order valence-corrected chi connectivity index (χ0v) is 21.5. The second kappa shape index (κ2) is 11.6. The van der Waals surface area contributed by atoms with E-state index in [1.165, 1.54) is 30.7 Å². The molecular formula is C28H32N2O5S. The summed E-state index contributed by atoms with van der Waals surface area (Å²) in [6, 6.07) is 24.3. The van der Waals surface area contributed by atoms with Crippen LogP contribution in [-0.4, -0.2) is 50.8 Å². The minimum Gasteiger partial charge on any atom is -0.493 e. The van der Waals surface area contributed by atoms with Crippen LogP contribution in [0.1, 0.15) is 24.0 Å². The van der Waals surface area contributed by atoms with Gasteiger partial charge in [-0.25, -0.2) is 8.42 Å². The van der Waals surface area contributed by atoms with Crippen molar-refractivity contribution in [3.8, 4) is 11.5 Å². The third-order valence-electron chi connectivity index (χ3n) is 6.47. The largest absolute Gasteiger partial charge is 0.493 e. The van der Waals surface area contributed by atoms with Crippen molar-refractivity contribution in [2.24, 2.45) is 5.92 Å². The molecule has 1 heterocycles. The quantitative estimate of drug-likeness (QED) is 0.430. The van der Waals surface area contributed by atoms with Crippen LogP contribution in [0.2, 0.25) is 0 Å². The molecule has 0 aliphatic carbocycles. The van der Waals surface area contributed by atoms with E-state index in [1.54, 1.807) is 6.07 Å². The van der Waals surface area contributed by atoms with E-state index < -0.39 is 15.9 Å². The summed E-state index contributed by atoms with van der Waals surface area (Å²) in [6.45, 7) is 1.45. The Morgan fingerprint density at radius 3 is 2.03 bits per heavy atom. The molecule has 190 valence electrons. The molecule has 0 bridgehead atoms. The lowest BCUT2D eigenvalue weighted by atomic mass is 9.97. The van der Waals surface area contributed by atoms with E-state index in [4.69, 9.17) is 9.47 Å². The summed E-state index contributed by atoms with van der Waals surface area (Å²) in [5.74, 6) is 0.358. The fourth-order valence-electron chi connectivity index (χ4n) is 4.57. The Bertz CT molecular complexity index is 1220. The lowest BCUT2D eigenvalue weighted by Gasteiger charge is -2.34. The standard InChI is InChI=1S/C28H32N2O5S/c1-34-26-16-15-25(18-27(26)35-2)36(32,33)30-17-9-14-24(21-30)28(31)29(19-22-10-5-3-6-11-22)20-23-12-7-4-8-13-23/h3-8,10-13,15-16,18,24H,9,14,17,19-21H2,1-2H3/t24-/m0/s1. The lowest BCUT2D eigenvalue weighted by molar-refractivity contribution is -0.138. The maximum Gasteiger partial charge on any atom is 0.243 e. The van der Waals surface area contributed by atoms with Crippen molar-refractivity contribution in [1.82, 2.24) is 9.21 Å². The molecule has 1 amide bonds. The van der Waals surface area contributed by atoms with Crippen molar-refractivity contribution >= 4 is 15.9 Å². The third-order valence-corrected chi connectivity index (χ3v) is 8.33. The van der Waals surface area contributed by atoms with Gasteiger partial charge in [-0.3, -0.25) is 4.79 Å². The Hall–Kier alpha value is -3.36. The molecule has 1 aliphatic heterocycles. The van der Waals surface area contributed by atoms with Gasteiger partial charge in [-0.15, -0.1) is 0 Å². The van der Waals surface area contributed by atoms with Crippen molar-refractivity contribution < 1.29 is 22.7 Å².